The summed E-state index contributed by atoms with van der Waals surface area (Å²) in [7, 11) is -3.36. The van der Waals surface area contributed by atoms with Crippen molar-refractivity contribution < 1.29 is 13.2 Å². The fraction of sp³-hybridized carbons (Fsp3) is 0.471. The van der Waals surface area contributed by atoms with E-state index in [4.69, 9.17) is 4.74 Å². The number of pyridine rings is 1. The maximum absolute atomic E-state index is 12.6. The first-order valence-corrected chi connectivity index (χ1v) is 10.7. The molecule has 2 aromatic heterocycles. The number of hydrogen-bond acceptors (Lipinski definition) is 6. The SMILES string of the molecule is O=S(=O)(c1cccs1)N1CCC2(CC1)C[C@H](Nc1ccccn1)CO2. The van der Waals surface area contributed by atoms with E-state index in [1.165, 1.54) is 11.3 Å². The highest BCUT2D eigenvalue weighted by Gasteiger charge is 2.45. The Balaban J connectivity index is 1.37. The van der Waals surface area contributed by atoms with Crippen molar-refractivity contribution in [3.8, 4) is 0 Å². The second-order valence-electron chi connectivity index (χ2n) is 6.59. The fourth-order valence-corrected chi connectivity index (χ4v) is 6.20. The smallest absolute Gasteiger partial charge is 0.252 e. The van der Waals surface area contributed by atoms with E-state index in [-0.39, 0.29) is 11.6 Å². The summed E-state index contributed by atoms with van der Waals surface area (Å²) in [5.41, 5.74) is -0.214. The molecule has 8 heteroatoms. The average molecular weight is 380 g/mol. The molecule has 0 aromatic carbocycles. The molecule has 1 N–H and O–H groups in total. The Labute approximate surface area is 151 Å². The lowest BCUT2D eigenvalue weighted by molar-refractivity contribution is -0.0309. The van der Waals surface area contributed by atoms with Crippen molar-refractivity contribution in [3.05, 3.63) is 41.9 Å². The Morgan fingerprint density at radius 2 is 2.08 bits per heavy atom. The van der Waals surface area contributed by atoms with Gasteiger partial charge >= 0.3 is 0 Å². The number of aromatic nitrogens is 1. The molecule has 0 bridgehead atoms. The molecular formula is C17H21N3O3S2. The Morgan fingerprint density at radius 3 is 2.76 bits per heavy atom. The first-order chi connectivity index (χ1) is 12.1. The number of nitrogens with zero attached hydrogens (tertiary/aromatic N) is 2. The van der Waals surface area contributed by atoms with E-state index >= 15 is 0 Å². The number of hydrogen-bond donors (Lipinski definition) is 1. The molecule has 2 aromatic rings. The van der Waals surface area contributed by atoms with Crippen LogP contribution in [0, 0.1) is 0 Å². The van der Waals surface area contributed by atoms with Crippen molar-refractivity contribution >= 4 is 27.2 Å². The maximum Gasteiger partial charge on any atom is 0.252 e. The van der Waals surface area contributed by atoms with Gasteiger partial charge in [-0.2, -0.15) is 4.31 Å². The monoisotopic (exact) mass is 379 g/mol. The molecule has 0 saturated carbocycles. The van der Waals surface area contributed by atoms with Gasteiger partial charge in [-0.25, -0.2) is 13.4 Å². The largest absolute Gasteiger partial charge is 0.373 e. The maximum atomic E-state index is 12.6. The lowest BCUT2D eigenvalue weighted by atomic mass is 9.88. The Morgan fingerprint density at radius 1 is 1.24 bits per heavy atom. The molecule has 2 aliphatic rings. The van der Waals surface area contributed by atoms with Crippen LogP contribution in [0.15, 0.2) is 46.1 Å². The standard InChI is InChI=1S/C17H21N3O3S2/c21-25(22,16-5-3-11-24-16)20-9-6-17(7-10-20)12-14(13-23-17)19-15-4-1-2-8-18-15/h1-5,8,11,14H,6-7,9-10,12-13H2,(H,18,19)/t14-/m0/s1. The number of thiophene rings is 1. The summed E-state index contributed by atoms with van der Waals surface area (Å²) in [6.07, 6.45) is 4.12. The fourth-order valence-electron chi connectivity index (χ4n) is 3.61. The quantitative estimate of drug-likeness (QED) is 0.884. The number of piperidine rings is 1. The van der Waals surface area contributed by atoms with Gasteiger partial charge in [0, 0.05) is 19.3 Å². The Hall–Kier alpha value is -1.48. The van der Waals surface area contributed by atoms with E-state index in [1.54, 1.807) is 28.0 Å². The van der Waals surface area contributed by atoms with Crippen LogP contribution < -0.4 is 5.32 Å². The van der Waals surface area contributed by atoms with Crippen molar-refractivity contribution in [2.45, 2.75) is 35.1 Å². The number of sulfonamides is 1. The number of anilines is 1. The third-order valence-electron chi connectivity index (χ3n) is 4.95. The zero-order valence-electron chi connectivity index (χ0n) is 13.8. The number of rotatable bonds is 4. The zero-order chi connectivity index (χ0) is 17.3. The predicted octanol–water partition coefficient (Wildman–Crippen LogP) is 2.57. The van der Waals surface area contributed by atoms with Gasteiger partial charge in [-0.1, -0.05) is 12.1 Å². The first kappa shape index (κ1) is 17.0. The normalized spacial score (nSPS) is 23.8. The molecule has 1 atom stereocenters. The predicted molar refractivity (Wildman–Crippen MR) is 97.3 cm³/mol. The third-order valence-corrected chi connectivity index (χ3v) is 8.22. The molecule has 134 valence electrons. The minimum atomic E-state index is -3.36. The van der Waals surface area contributed by atoms with Crippen LogP contribution in [-0.4, -0.2) is 49.0 Å². The highest BCUT2D eigenvalue weighted by atomic mass is 32.2. The molecule has 4 rings (SSSR count). The van der Waals surface area contributed by atoms with E-state index in [1.807, 2.05) is 18.2 Å². The summed E-state index contributed by atoms with van der Waals surface area (Å²) in [5.74, 6) is 0.853. The van der Waals surface area contributed by atoms with Crippen LogP contribution >= 0.6 is 11.3 Å². The molecule has 0 amide bonds. The van der Waals surface area contributed by atoms with Crippen LogP contribution in [0.1, 0.15) is 19.3 Å². The Kier molecular flexibility index (Phi) is 4.53. The average Bonchev–Trinajstić information content (AvgIpc) is 3.28. The van der Waals surface area contributed by atoms with Crippen LogP contribution in [0.5, 0.6) is 0 Å². The van der Waals surface area contributed by atoms with E-state index in [2.05, 4.69) is 10.3 Å². The zero-order valence-corrected chi connectivity index (χ0v) is 15.4. The van der Waals surface area contributed by atoms with Gasteiger partial charge in [0.1, 0.15) is 10.0 Å². The topological polar surface area (TPSA) is 71.5 Å². The second-order valence-corrected chi connectivity index (χ2v) is 9.70. The molecule has 2 fully saturated rings. The lowest BCUT2D eigenvalue weighted by Gasteiger charge is -2.37. The van der Waals surface area contributed by atoms with Gasteiger partial charge in [-0.05, 0) is 42.8 Å². The first-order valence-electron chi connectivity index (χ1n) is 8.43. The van der Waals surface area contributed by atoms with E-state index in [0.29, 0.717) is 23.9 Å². The van der Waals surface area contributed by atoms with Crippen molar-refractivity contribution in [3.63, 3.8) is 0 Å². The van der Waals surface area contributed by atoms with Crippen LogP contribution in [-0.2, 0) is 14.8 Å². The van der Waals surface area contributed by atoms with Gasteiger partial charge in [0.15, 0.2) is 0 Å². The molecule has 0 unspecified atom stereocenters. The van der Waals surface area contributed by atoms with Crippen molar-refractivity contribution in [1.29, 1.82) is 0 Å². The summed E-state index contributed by atoms with van der Waals surface area (Å²) in [6, 6.07) is 9.45. The molecule has 1 spiro atoms. The van der Waals surface area contributed by atoms with Gasteiger partial charge in [0.2, 0.25) is 0 Å². The molecule has 2 aliphatic heterocycles. The van der Waals surface area contributed by atoms with Gasteiger partial charge in [-0.15, -0.1) is 11.3 Å². The number of nitrogens with one attached hydrogen (secondary N) is 1. The van der Waals surface area contributed by atoms with Gasteiger partial charge in [-0.3, -0.25) is 0 Å². The van der Waals surface area contributed by atoms with Crippen LogP contribution in [0.25, 0.3) is 0 Å². The Bertz CT molecular complexity index is 801. The van der Waals surface area contributed by atoms with E-state index in [9.17, 15) is 8.42 Å². The minimum absolute atomic E-state index is 0.214. The number of ether oxygens (including phenoxy) is 1. The highest BCUT2D eigenvalue weighted by Crippen LogP contribution is 2.38. The molecule has 4 heterocycles. The third kappa shape index (κ3) is 3.44. The molecule has 0 aliphatic carbocycles. The van der Waals surface area contributed by atoms with Gasteiger partial charge < -0.3 is 10.1 Å². The summed E-state index contributed by atoms with van der Waals surface area (Å²) in [6.45, 7) is 1.65. The highest BCUT2D eigenvalue weighted by molar-refractivity contribution is 7.91. The lowest BCUT2D eigenvalue weighted by Crippen LogP contribution is -2.46. The summed E-state index contributed by atoms with van der Waals surface area (Å²) < 4.78 is 33.4. The summed E-state index contributed by atoms with van der Waals surface area (Å²) >= 11 is 1.27. The van der Waals surface area contributed by atoms with Gasteiger partial charge in [0.05, 0.1) is 18.2 Å². The molecule has 0 radical (unpaired) electrons. The second kappa shape index (κ2) is 6.68. The van der Waals surface area contributed by atoms with E-state index in [0.717, 1.165) is 25.1 Å². The molecule has 6 nitrogen and oxygen atoms in total. The van der Waals surface area contributed by atoms with Crippen molar-refractivity contribution in [1.82, 2.24) is 9.29 Å². The minimum Gasteiger partial charge on any atom is -0.373 e. The summed E-state index contributed by atoms with van der Waals surface area (Å²) in [5, 5.41) is 5.21. The molecule has 25 heavy (non-hydrogen) atoms. The summed E-state index contributed by atoms with van der Waals surface area (Å²) in [4.78, 5) is 4.30. The van der Waals surface area contributed by atoms with Crippen molar-refractivity contribution in [2.75, 3.05) is 25.0 Å². The molecular weight excluding hydrogens is 358 g/mol. The van der Waals surface area contributed by atoms with Crippen LogP contribution in [0.3, 0.4) is 0 Å². The van der Waals surface area contributed by atoms with E-state index < -0.39 is 10.0 Å². The van der Waals surface area contributed by atoms with Crippen molar-refractivity contribution in [2.24, 2.45) is 0 Å². The molecule has 2 saturated heterocycles. The van der Waals surface area contributed by atoms with Crippen LogP contribution in [0.4, 0.5) is 5.82 Å². The van der Waals surface area contributed by atoms with Gasteiger partial charge in [0.25, 0.3) is 10.0 Å². The van der Waals surface area contributed by atoms with Crippen LogP contribution in [0.2, 0.25) is 0 Å².